The van der Waals surface area contributed by atoms with Crippen molar-refractivity contribution in [2.45, 2.75) is 38.6 Å². The first kappa shape index (κ1) is 18.9. The Morgan fingerprint density at radius 2 is 2.23 bits per heavy atom. The second kappa shape index (κ2) is 10.5. The molecule has 1 aromatic heterocycles. The standard InChI is InChI=1S/C14H25N5O2.ClH/c1-2-3-9-21-10-8-16-14(20)13-11-19(18-17-13)12-4-6-15-7-5-12;/h11-12,15H,2-10H2,1H3,(H,16,20);1H. The second-order valence-corrected chi connectivity index (χ2v) is 5.29. The van der Waals surface area contributed by atoms with Gasteiger partial charge >= 0.3 is 0 Å². The number of nitrogens with zero attached hydrogens (tertiary/aromatic N) is 3. The summed E-state index contributed by atoms with van der Waals surface area (Å²) in [5.74, 6) is -0.186. The third-order valence-corrected chi connectivity index (χ3v) is 3.60. The van der Waals surface area contributed by atoms with Gasteiger partial charge in [-0.2, -0.15) is 0 Å². The zero-order valence-electron chi connectivity index (χ0n) is 13.1. The Labute approximate surface area is 137 Å². The lowest BCUT2D eigenvalue weighted by Gasteiger charge is -2.22. The molecule has 22 heavy (non-hydrogen) atoms. The van der Waals surface area contributed by atoms with E-state index in [2.05, 4.69) is 27.9 Å². The molecule has 0 spiro atoms. The zero-order valence-corrected chi connectivity index (χ0v) is 13.9. The third kappa shape index (κ3) is 5.90. The van der Waals surface area contributed by atoms with Crippen LogP contribution in [-0.4, -0.2) is 53.7 Å². The number of hydrogen-bond donors (Lipinski definition) is 2. The Morgan fingerprint density at radius 3 is 2.95 bits per heavy atom. The van der Waals surface area contributed by atoms with E-state index in [-0.39, 0.29) is 18.3 Å². The van der Waals surface area contributed by atoms with Gasteiger partial charge in [0, 0.05) is 13.2 Å². The van der Waals surface area contributed by atoms with Gasteiger partial charge in [-0.15, -0.1) is 17.5 Å². The van der Waals surface area contributed by atoms with Gasteiger partial charge in [0.05, 0.1) is 18.8 Å². The van der Waals surface area contributed by atoms with Gasteiger partial charge < -0.3 is 15.4 Å². The molecular weight excluding hydrogens is 306 g/mol. The number of aromatic nitrogens is 3. The number of halogens is 1. The lowest BCUT2D eigenvalue weighted by molar-refractivity contribution is 0.0908. The molecule has 1 saturated heterocycles. The summed E-state index contributed by atoms with van der Waals surface area (Å²) in [6.45, 7) is 5.88. The Morgan fingerprint density at radius 1 is 1.45 bits per heavy atom. The molecule has 0 aliphatic carbocycles. The highest BCUT2D eigenvalue weighted by Crippen LogP contribution is 2.16. The number of carbonyl (C=O) groups is 1. The average molecular weight is 332 g/mol. The summed E-state index contributed by atoms with van der Waals surface area (Å²) in [6, 6.07) is 0.345. The van der Waals surface area contributed by atoms with Crippen molar-refractivity contribution in [3.8, 4) is 0 Å². The second-order valence-electron chi connectivity index (χ2n) is 5.29. The van der Waals surface area contributed by atoms with Gasteiger partial charge in [-0.1, -0.05) is 18.6 Å². The van der Waals surface area contributed by atoms with Crippen LogP contribution in [0, 0.1) is 0 Å². The quantitative estimate of drug-likeness (QED) is 0.699. The molecule has 126 valence electrons. The highest BCUT2D eigenvalue weighted by molar-refractivity contribution is 5.91. The van der Waals surface area contributed by atoms with Crippen LogP contribution in [0.5, 0.6) is 0 Å². The zero-order chi connectivity index (χ0) is 14.9. The summed E-state index contributed by atoms with van der Waals surface area (Å²) < 4.78 is 7.21. The molecule has 1 aliphatic rings. The number of ether oxygens (including phenoxy) is 1. The number of unbranched alkanes of at least 4 members (excludes halogenated alkanes) is 1. The fraction of sp³-hybridized carbons (Fsp3) is 0.786. The topological polar surface area (TPSA) is 81.1 Å². The predicted molar refractivity (Wildman–Crippen MR) is 86.5 cm³/mol. The van der Waals surface area contributed by atoms with Crippen LogP contribution < -0.4 is 10.6 Å². The maximum atomic E-state index is 11.9. The summed E-state index contributed by atoms with van der Waals surface area (Å²) in [7, 11) is 0. The van der Waals surface area contributed by atoms with Crippen LogP contribution in [0.4, 0.5) is 0 Å². The van der Waals surface area contributed by atoms with Crippen molar-refractivity contribution in [1.82, 2.24) is 25.6 Å². The van der Waals surface area contributed by atoms with E-state index < -0.39 is 0 Å². The number of hydrogen-bond acceptors (Lipinski definition) is 5. The Balaban J connectivity index is 0.00000242. The van der Waals surface area contributed by atoms with Crippen LogP contribution in [0.3, 0.4) is 0 Å². The first-order chi connectivity index (χ1) is 10.3. The maximum Gasteiger partial charge on any atom is 0.273 e. The summed E-state index contributed by atoms with van der Waals surface area (Å²) >= 11 is 0. The van der Waals surface area contributed by atoms with Gasteiger partial charge in [0.1, 0.15) is 0 Å². The number of rotatable bonds is 8. The molecule has 0 radical (unpaired) electrons. The molecule has 2 N–H and O–H groups in total. The van der Waals surface area contributed by atoms with Gasteiger partial charge in [0.2, 0.25) is 0 Å². The van der Waals surface area contributed by atoms with Crippen LogP contribution in [-0.2, 0) is 4.74 Å². The van der Waals surface area contributed by atoms with E-state index in [1.165, 1.54) is 0 Å². The molecular formula is C14H26ClN5O2. The predicted octanol–water partition coefficient (Wildman–Crippen LogP) is 1.17. The number of piperidine rings is 1. The molecule has 0 saturated carbocycles. The van der Waals surface area contributed by atoms with Crippen LogP contribution in [0.1, 0.15) is 49.1 Å². The molecule has 7 nitrogen and oxygen atoms in total. The number of amides is 1. The molecule has 0 unspecified atom stereocenters. The van der Waals surface area contributed by atoms with E-state index in [0.717, 1.165) is 45.4 Å². The van der Waals surface area contributed by atoms with Gasteiger partial charge in [0.15, 0.2) is 5.69 Å². The molecule has 8 heteroatoms. The van der Waals surface area contributed by atoms with Crippen molar-refractivity contribution in [2.24, 2.45) is 0 Å². The van der Waals surface area contributed by atoms with Crippen molar-refractivity contribution >= 4 is 18.3 Å². The summed E-state index contributed by atoms with van der Waals surface area (Å²) in [6.07, 6.45) is 5.96. The first-order valence-electron chi connectivity index (χ1n) is 7.79. The molecule has 1 aliphatic heterocycles. The minimum absolute atomic E-state index is 0. The van der Waals surface area contributed by atoms with E-state index in [1.54, 1.807) is 6.20 Å². The molecule has 1 fully saturated rings. The normalized spacial score (nSPS) is 15.3. The highest BCUT2D eigenvalue weighted by atomic mass is 35.5. The van der Waals surface area contributed by atoms with Crippen molar-refractivity contribution < 1.29 is 9.53 Å². The fourth-order valence-corrected chi connectivity index (χ4v) is 2.31. The van der Waals surface area contributed by atoms with Crippen molar-refractivity contribution in [1.29, 1.82) is 0 Å². The Bertz CT molecular complexity index is 435. The van der Waals surface area contributed by atoms with E-state index in [9.17, 15) is 4.79 Å². The van der Waals surface area contributed by atoms with Gasteiger partial charge in [-0.25, -0.2) is 4.68 Å². The minimum Gasteiger partial charge on any atom is -0.380 e. The summed E-state index contributed by atoms with van der Waals surface area (Å²) in [5.41, 5.74) is 0.377. The lowest BCUT2D eigenvalue weighted by Crippen LogP contribution is -2.29. The molecule has 0 atom stereocenters. The molecule has 0 bridgehead atoms. The van der Waals surface area contributed by atoms with Gasteiger partial charge in [-0.3, -0.25) is 4.79 Å². The van der Waals surface area contributed by atoms with E-state index in [4.69, 9.17) is 4.74 Å². The fourth-order valence-electron chi connectivity index (χ4n) is 2.31. The van der Waals surface area contributed by atoms with Crippen LogP contribution in [0.15, 0.2) is 6.20 Å². The monoisotopic (exact) mass is 331 g/mol. The molecule has 1 aromatic rings. The van der Waals surface area contributed by atoms with Crippen LogP contribution in [0.2, 0.25) is 0 Å². The van der Waals surface area contributed by atoms with E-state index in [0.29, 0.717) is 24.9 Å². The van der Waals surface area contributed by atoms with Crippen molar-refractivity contribution in [3.63, 3.8) is 0 Å². The van der Waals surface area contributed by atoms with E-state index >= 15 is 0 Å². The van der Waals surface area contributed by atoms with Gasteiger partial charge in [0.25, 0.3) is 5.91 Å². The first-order valence-corrected chi connectivity index (χ1v) is 7.79. The minimum atomic E-state index is -0.186. The molecule has 2 heterocycles. The van der Waals surface area contributed by atoms with E-state index in [1.807, 2.05) is 4.68 Å². The highest BCUT2D eigenvalue weighted by Gasteiger charge is 2.18. The lowest BCUT2D eigenvalue weighted by atomic mass is 10.1. The summed E-state index contributed by atoms with van der Waals surface area (Å²) in [4.78, 5) is 11.9. The summed E-state index contributed by atoms with van der Waals surface area (Å²) in [5, 5.41) is 14.1. The SMILES string of the molecule is CCCCOCCNC(=O)c1cn(C2CCNCC2)nn1.Cl. The largest absolute Gasteiger partial charge is 0.380 e. The molecule has 1 amide bonds. The number of nitrogens with one attached hydrogen (secondary N) is 2. The van der Waals surface area contributed by atoms with Crippen molar-refractivity contribution in [2.75, 3.05) is 32.8 Å². The van der Waals surface area contributed by atoms with Crippen molar-refractivity contribution in [3.05, 3.63) is 11.9 Å². The van der Waals surface area contributed by atoms with Crippen LogP contribution >= 0.6 is 12.4 Å². The Hall–Kier alpha value is -1.18. The van der Waals surface area contributed by atoms with Gasteiger partial charge in [-0.05, 0) is 32.4 Å². The maximum absolute atomic E-state index is 11.9. The number of carbonyl (C=O) groups excluding carboxylic acids is 1. The Kier molecular flexibility index (Phi) is 9.03. The smallest absolute Gasteiger partial charge is 0.273 e. The molecule has 0 aromatic carbocycles. The van der Waals surface area contributed by atoms with Crippen LogP contribution in [0.25, 0.3) is 0 Å². The molecule has 2 rings (SSSR count). The third-order valence-electron chi connectivity index (χ3n) is 3.60. The average Bonchev–Trinajstić information content (AvgIpc) is 3.01.